The zero-order valence-electron chi connectivity index (χ0n) is 13.4. The van der Waals surface area contributed by atoms with Gasteiger partial charge in [-0.3, -0.25) is 0 Å². The highest BCUT2D eigenvalue weighted by molar-refractivity contribution is 14.1. The Balaban J connectivity index is 2.21. The molecular formula is C18H20IO4P. The van der Waals surface area contributed by atoms with E-state index in [9.17, 15) is 4.57 Å². The Morgan fingerprint density at radius 3 is 1.92 bits per heavy atom. The van der Waals surface area contributed by atoms with Crippen LogP contribution < -0.4 is 9.05 Å². The molecule has 2 rings (SSSR count). The number of unbranched alkanes of at least 4 members (excludes halogenated alkanes) is 1. The minimum absolute atomic E-state index is 0.431. The topological polar surface area (TPSA) is 44.8 Å². The van der Waals surface area contributed by atoms with Gasteiger partial charge in [0.1, 0.15) is 17.3 Å². The van der Waals surface area contributed by atoms with E-state index in [0.29, 0.717) is 23.7 Å². The molecule has 0 heterocycles. The lowest BCUT2D eigenvalue weighted by Crippen LogP contribution is -2.05. The minimum Gasteiger partial charge on any atom is -0.390 e. The third-order valence-corrected chi connectivity index (χ3v) is 5.07. The van der Waals surface area contributed by atoms with Crippen molar-refractivity contribution >= 4 is 30.4 Å². The lowest BCUT2D eigenvalue weighted by atomic mass is 10.2. The molecule has 0 aromatic heterocycles. The molecule has 0 amide bonds. The Hall–Kier alpha value is -1.46. The molecule has 2 aromatic carbocycles. The number of allylic oxidation sites excluding steroid dienone is 1. The number of hydrogen-bond donors (Lipinski definition) is 0. The van der Waals surface area contributed by atoms with Crippen molar-refractivity contribution in [2.75, 3.05) is 0 Å². The van der Waals surface area contributed by atoms with Gasteiger partial charge in [0.15, 0.2) is 0 Å². The van der Waals surface area contributed by atoms with Crippen LogP contribution in [0.1, 0.15) is 26.2 Å². The molecule has 128 valence electrons. The smallest absolute Gasteiger partial charge is 0.390 e. The molecule has 0 fully saturated rings. The Kier molecular flexibility index (Phi) is 7.66. The number of phosphoric ester groups is 1. The monoisotopic (exact) mass is 458 g/mol. The summed E-state index contributed by atoms with van der Waals surface area (Å²) in [5.41, 5.74) is 0. The molecule has 6 heteroatoms. The van der Waals surface area contributed by atoms with Crippen molar-refractivity contribution in [3.63, 3.8) is 0 Å². The maximum atomic E-state index is 13.2. The van der Waals surface area contributed by atoms with E-state index in [1.54, 1.807) is 52.6 Å². The Morgan fingerprint density at radius 2 is 1.50 bits per heavy atom. The van der Waals surface area contributed by atoms with Gasteiger partial charge in [0, 0.05) is 10.5 Å². The summed E-state index contributed by atoms with van der Waals surface area (Å²) in [7, 11) is -3.85. The first-order chi connectivity index (χ1) is 11.6. The van der Waals surface area contributed by atoms with Gasteiger partial charge >= 0.3 is 7.82 Å². The molecule has 0 aliphatic heterocycles. The van der Waals surface area contributed by atoms with Crippen molar-refractivity contribution in [3.05, 3.63) is 70.5 Å². The van der Waals surface area contributed by atoms with Crippen LogP contribution in [-0.2, 0) is 9.09 Å². The van der Waals surface area contributed by atoms with Gasteiger partial charge < -0.3 is 13.6 Å². The zero-order chi connectivity index (χ0) is 17.3. The van der Waals surface area contributed by atoms with Crippen LogP contribution >= 0.6 is 30.4 Å². The summed E-state index contributed by atoms with van der Waals surface area (Å²) in [6.07, 6.45) is 2.63. The Bertz CT molecular complexity index is 643. The Labute approximate surface area is 156 Å². The van der Waals surface area contributed by atoms with Crippen LogP contribution in [-0.4, -0.2) is 0 Å². The number of halogens is 1. The van der Waals surface area contributed by atoms with Crippen molar-refractivity contribution in [2.24, 2.45) is 0 Å². The summed E-state index contributed by atoms with van der Waals surface area (Å²) in [4.78, 5) is 0. The first-order valence-electron chi connectivity index (χ1n) is 7.73. The maximum Gasteiger partial charge on any atom is 0.646 e. The van der Waals surface area contributed by atoms with Crippen LogP contribution in [0.15, 0.2) is 70.5 Å². The van der Waals surface area contributed by atoms with Gasteiger partial charge in [-0.1, -0.05) is 49.7 Å². The average molecular weight is 458 g/mol. The molecule has 0 saturated carbocycles. The van der Waals surface area contributed by atoms with Crippen LogP contribution in [0.3, 0.4) is 0 Å². The highest BCUT2D eigenvalue weighted by Crippen LogP contribution is 2.51. The van der Waals surface area contributed by atoms with Gasteiger partial charge in [-0.05, 0) is 53.3 Å². The molecule has 0 unspecified atom stereocenters. The van der Waals surface area contributed by atoms with Gasteiger partial charge in [-0.15, -0.1) is 0 Å². The molecular weight excluding hydrogens is 438 g/mol. The van der Waals surface area contributed by atoms with Crippen molar-refractivity contribution in [2.45, 2.75) is 26.2 Å². The van der Waals surface area contributed by atoms with Crippen LogP contribution in [0.2, 0.25) is 0 Å². The quantitative estimate of drug-likeness (QED) is 0.237. The zero-order valence-corrected chi connectivity index (χ0v) is 16.5. The predicted molar refractivity (Wildman–Crippen MR) is 104 cm³/mol. The summed E-state index contributed by atoms with van der Waals surface area (Å²) in [6, 6.07) is 17.8. The number of benzene rings is 2. The van der Waals surface area contributed by atoms with E-state index in [0.717, 1.165) is 12.8 Å². The summed E-state index contributed by atoms with van der Waals surface area (Å²) in [5, 5.41) is 0. The molecule has 0 bridgehead atoms. The van der Waals surface area contributed by atoms with Gasteiger partial charge in [-0.25, -0.2) is 0 Å². The second kappa shape index (κ2) is 9.74. The normalized spacial score (nSPS) is 11.8. The maximum absolute atomic E-state index is 13.2. The molecule has 4 nitrogen and oxygen atoms in total. The lowest BCUT2D eigenvalue weighted by Gasteiger charge is -2.20. The van der Waals surface area contributed by atoms with Crippen molar-refractivity contribution in [1.29, 1.82) is 0 Å². The van der Waals surface area contributed by atoms with E-state index >= 15 is 0 Å². The Morgan fingerprint density at radius 1 is 1.00 bits per heavy atom. The molecule has 0 aliphatic carbocycles. The largest absolute Gasteiger partial charge is 0.646 e. The molecule has 0 radical (unpaired) electrons. The minimum atomic E-state index is -3.85. The summed E-state index contributed by atoms with van der Waals surface area (Å²) >= 11 is 2.07. The van der Waals surface area contributed by atoms with E-state index < -0.39 is 7.82 Å². The highest BCUT2D eigenvalue weighted by Gasteiger charge is 2.33. The molecule has 0 saturated heterocycles. The second-order valence-electron chi connectivity index (χ2n) is 5.03. The van der Waals surface area contributed by atoms with E-state index in [4.69, 9.17) is 13.6 Å². The summed E-state index contributed by atoms with van der Waals surface area (Å²) in [6.45, 7) is 2.09. The van der Waals surface area contributed by atoms with Crippen LogP contribution in [0.25, 0.3) is 0 Å². The molecule has 0 spiro atoms. The highest BCUT2D eigenvalue weighted by atomic mass is 127. The fraction of sp³-hybridized carbons (Fsp3) is 0.222. The average Bonchev–Trinajstić information content (AvgIpc) is 2.60. The SMILES string of the molecule is CCCC/C(=C\I)OP(=O)(Oc1ccccc1)Oc1ccccc1. The first-order valence-corrected chi connectivity index (χ1v) is 10.4. The fourth-order valence-electron chi connectivity index (χ4n) is 1.89. The molecule has 0 N–H and O–H groups in total. The van der Waals surface area contributed by atoms with Crippen LogP contribution in [0.5, 0.6) is 11.5 Å². The predicted octanol–water partition coefficient (Wildman–Crippen LogP) is 6.74. The van der Waals surface area contributed by atoms with E-state index in [1.807, 2.05) is 12.1 Å². The molecule has 0 aliphatic rings. The van der Waals surface area contributed by atoms with Gasteiger partial charge in [0.25, 0.3) is 0 Å². The molecule has 24 heavy (non-hydrogen) atoms. The summed E-state index contributed by atoms with van der Waals surface area (Å²) in [5.74, 6) is 1.45. The van der Waals surface area contributed by atoms with Gasteiger partial charge in [-0.2, -0.15) is 4.57 Å². The van der Waals surface area contributed by atoms with Gasteiger partial charge in [0.2, 0.25) is 0 Å². The van der Waals surface area contributed by atoms with Crippen LogP contribution in [0.4, 0.5) is 0 Å². The molecule has 0 atom stereocenters. The van der Waals surface area contributed by atoms with Crippen molar-refractivity contribution in [1.82, 2.24) is 0 Å². The fourth-order valence-corrected chi connectivity index (χ4v) is 3.83. The first kappa shape index (κ1) is 18.9. The molecule has 2 aromatic rings. The van der Waals surface area contributed by atoms with Crippen molar-refractivity contribution in [3.8, 4) is 11.5 Å². The third kappa shape index (κ3) is 6.21. The van der Waals surface area contributed by atoms with E-state index in [-0.39, 0.29) is 0 Å². The number of para-hydroxylation sites is 2. The van der Waals surface area contributed by atoms with Crippen LogP contribution in [0, 0.1) is 0 Å². The number of hydrogen-bond acceptors (Lipinski definition) is 4. The lowest BCUT2D eigenvalue weighted by molar-refractivity contribution is 0.250. The summed E-state index contributed by atoms with van der Waals surface area (Å²) < 4.78 is 31.8. The van der Waals surface area contributed by atoms with Crippen molar-refractivity contribution < 1.29 is 18.1 Å². The third-order valence-electron chi connectivity index (χ3n) is 3.05. The van der Waals surface area contributed by atoms with E-state index in [2.05, 4.69) is 29.5 Å². The number of rotatable bonds is 9. The number of phosphoric acid groups is 1. The van der Waals surface area contributed by atoms with E-state index in [1.165, 1.54) is 0 Å². The van der Waals surface area contributed by atoms with Gasteiger partial charge in [0.05, 0.1) is 0 Å². The standard InChI is InChI=1S/C18H20IO4P/c1-2-3-10-18(15-19)23-24(20,21-16-11-6-4-7-12-16)22-17-13-8-5-9-14-17/h4-9,11-15H,2-3,10H2,1H3/b18-15+. The second-order valence-corrected chi connectivity index (χ2v) is 7.09.